The molecular formula is C26H26O2. The van der Waals surface area contributed by atoms with Gasteiger partial charge in [-0.15, -0.1) is 0 Å². The Bertz CT molecular complexity index is 933. The zero-order valence-corrected chi connectivity index (χ0v) is 16.7. The molecule has 0 fully saturated rings. The van der Waals surface area contributed by atoms with Gasteiger partial charge in [0.2, 0.25) is 0 Å². The minimum atomic E-state index is -0.496. The maximum absolute atomic E-state index is 13.2. The summed E-state index contributed by atoms with van der Waals surface area (Å²) in [4.78, 5) is 26.1. The molecule has 0 amide bonds. The highest BCUT2D eigenvalue weighted by molar-refractivity contribution is 6.06. The third-order valence-corrected chi connectivity index (χ3v) is 5.04. The summed E-state index contributed by atoms with van der Waals surface area (Å²) in [5.41, 5.74) is 3.40. The van der Waals surface area contributed by atoms with Gasteiger partial charge in [-0.2, -0.15) is 0 Å². The Kier molecular flexibility index (Phi) is 5.89. The number of hydrogen-bond acceptors (Lipinski definition) is 2. The van der Waals surface area contributed by atoms with E-state index in [0.29, 0.717) is 11.1 Å². The van der Waals surface area contributed by atoms with Crippen molar-refractivity contribution in [3.05, 3.63) is 107 Å². The van der Waals surface area contributed by atoms with E-state index in [1.165, 1.54) is 5.56 Å². The van der Waals surface area contributed by atoms with Crippen molar-refractivity contribution in [3.63, 3.8) is 0 Å². The molecule has 1 unspecified atom stereocenters. The predicted molar refractivity (Wildman–Crippen MR) is 114 cm³/mol. The van der Waals surface area contributed by atoms with Gasteiger partial charge in [-0.25, -0.2) is 0 Å². The number of carbonyl (C=O) groups excluding carboxylic acids is 2. The molecule has 0 aliphatic carbocycles. The van der Waals surface area contributed by atoms with Gasteiger partial charge in [0, 0.05) is 17.5 Å². The first-order valence-corrected chi connectivity index (χ1v) is 9.64. The predicted octanol–water partition coefficient (Wildman–Crippen LogP) is 6.22. The topological polar surface area (TPSA) is 34.1 Å². The molecule has 1 atom stereocenters. The average molecular weight is 370 g/mol. The summed E-state index contributed by atoms with van der Waals surface area (Å²) in [7, 11) is 0. The minimum absolute atomic E-state index is 0.0187. The number of carbonyl (C=O) groups is 2. The van der Waals surface area contributed by atoms with Crippen LogP contribution in [0.1, 0.15) is 65.0 Å². The van der Waals surface area contributed by atoms with E-state index in [1.54, 1.807) is 12.1 Å². The second-order valence-electron chi connectivity index (χ2n) is 8.15. The van der Waals surface area contributed by atoms with Crippen molar-refractivity contribution in [3.8, 4) is 0 Å². The van der Waals surface area contributed by atoms with Crippen LogP contribution in [0.3, 0.4) is 0 Å². The zero-order valence-electron chi connectivity index (χ0n) is 16.7. The molecule has 2 heteroatoms. The first-order chi connectivity index (χ1) is 13.4. The normalized spacial score (nSPS) is 12.4. The SMILES string of the molecule is CC(C)(C)c1ccc(C(CC(=O)c2ccccc2)C(=O)c2ccccc2)cc1. The van der Waals surface area contributed by atoms with E-state index >= 15 is 0 Å². The van der Waals surface area contributed by atoms with E-state index in [9.17, 15) is 9.59 Å². The van der Waals surface area contributed by atoms with E-state index in [4.69, 9.17) is 0 Å². The lowest BCUT2D eigenvalue weighted by atomic mass is 9.82. The van der Waals surface area contributed by atoms with Crippen molar-refractivity contribution >= 4 is 11.6 Å². The summed E-state index contributed by atoms with van der Waals surface area (Å²) in [5.74, 6) is -0.535. The monoisotopic (exact) mass is 370 g/mol. The highest BCUT2D eigenvalue weighted by atomic mass is 16.1. The lowest BCUT2D eigenvalue weighted by Crippen LogP contribution is -2.18. The van der Waals surface area contributed by atoms with Gasteiger partial charge in [0.25, 0.3) is 0 Å². The Hall–Kier alpha value is -3.00. The summed E-state index contributed by atoms with van der Waals surface area (Å²) in [6.45, 7) is 6.48. The maximum Gasteiger partial charge on any atom is 0.170 e. The van der Waals surface area contributed by atoms with Gasteiger partial charge in [-0.3, -0.25) is 9.59 Å². The molecule has 3 aromatic rings. The molecule has 0 saturated carbocycles. The summed E-state index contributed by atoms with van der Waals surface area (Å²) < 4.78 is 0. The average Bonchev–Trinajstić information content (AvgIpc) is 2.72. The lowest BCUT2D eigenvalue weighted by Gasteiger charge is -2.21. The highest BCUT2D eigenvalue weighted by Gasteiger charge is 2.26. The minimum Gasteiger partial charge on any atom is -0.294 e. The van der Waals surface area contributed by atoms with Crippen LogP contribution < -0.4 is 0 Å². The van der Waals surface area contributed by atoms with Gasteiger partial charge < -0.3 is 0 Å². The first kappa shape index (κ1) is 19.8. The fourth-order valence-electron chi connectivity index (χ4n) is 3.31. The molecule has 0 aliphatic heterocycles. The van der Waals surface area contributed by atoms with Gasteiger partial charge in [0.15, 0.2) is 11.6 Å². The van der Waals surface area contributed by atoms with Crippen molar-refractivity contribution < 1.29 is 9.59 Å². The fraction of sp³-hybridized carbons (Fsp3) is 0.231. The molecular weight excluding hydrogens is 344 g/mol. The zero-order chi connectivity index (χ0) is 20.1. The van der Waals surface area contributed by atoms with Crippen LogP contribution in [0, 0.1) is 0 Å². The highest BCUT2D eigenvalue weighted by Crippen LogP contribution is 2.29. The van der Waals surface area contributed by atoms with Crippen LogP contribution in [-0.2, 0) is 5.41 Å². The largest absolute Gasteiger partial charge is 0.294 e. The van der Waals surface area contributed by atoms with Crippen LogP contribution in [0.25, 0.3) is 0 Å². The Balaban J connectivity index is 1.94. The first-order valence-electron chi connectivity index (χ1n) is 9.64. The Labute approximate surface area is 167 Å². The molecule has 2 nitrogen and oxygen atoms in total. The van der Waals surface area contributed by atoms with Crippen LogP contribution in [0.15, 0.2) is 84.9 Å². The molecule has 0 aliphatic rings. The number of Topliss-reactive ketones (excluding diaryl/α,β-unsaturated/α-hetero) is 2. The van der Waals surface area contributed by atoms with Crippen molar-refractivity contribution in [1.82, 2.24) is 0 Å². The molecule has 0 spiro atoms. The molecule has 0 radical (unpaired) electrons. The molecule has 0 N–H and O–H groups in total. The quantitative estimate of drug-likeness (QED) is 0.482. The van der Waals surface area contributed by atoms with E-state index in [2.05, 4.69) is 32.9 Å². The van der Waals surface area contributed by atoms with Crippen molar-refractivity contribution in [2.45, 2.75) is 38.5 Å². The lowest BCUT2D eigenvalue weighted by molar-refractivity contribution is 0.0893. The second-order valence-corrected chi connectivity index (χ2v) is 8.15. The van der Waals surface area contributed by atoms with Crippen LogP contribution in [0.4, 0.5) is 0 Å². The second kappa shape index (κ2) is 8.35. The van der Waals surface area contributed by atoms with Gasteiger partial charge in [0.1, 0.15) is 0 Å². The molecule has 0 saturated heterocycles. The number of rotatable bonds is 6. The van der Waals surface area contributed by atoms with Crippen LogP contribution in [0.5, 0.6) is 0 Å². The van der Waals surface area contributed by atoms with E-state index in [0.717, 1.165) is 5.56 Å². The third kappa shape index (κ3) is 4.64. The Morgan fingerprint density at radius 1 is 0.714 bits per heavy atom. The van der Waals surface area contributed by atoms with Gasteiger partial charge in [-0.1, -0.05) is 106 Å². The number of benzene rings is 3. The summed E-state index contributed by atoms with van der Waals surface area (Å²) in [5, 5.41) is 0. The van der Waals surface area contributed by atoms with Crippen LogP contribution >= 0.6 is 0 Å². The maximum atomic E-state index is 13.2. The fourth-order valence-corrected chi connectivity index (χ4v) is 3.31. The van der Waals surface area contributed by atoms with Crippen molar-refractivity contribution in [1.29, 1.82) is 0 Å². The summed E-state index contributed by atoms with van der Waals surface area (Å²) >= 11 is 0. The molecule has 142 valence electrons. The molecule has 3 aromatic carbocycles. The smallest absolute Gasteiger partial charge is 0.170 e. The standard InChI is InChI=1S/C26H26O2/c1-26(2,3)22-16-14-19(15-17-22)23(25(28)21-12-8-5-9-13-21)18-24(27)20-10-6-4-7-11-20/h4-17,23H,18H2,1-3H3. The van der Waals surface area contributed by atoms with E-state index in [-0.39, 0.29) is 23.4 Å². The van der Waals surface area contributed by atoms with E-state index < -0.39 is 5.92 Å². The molecule has 0 aromatic heterocycles. The van der Waals surface area contributed by atoms with Crippen molar-refractivity contribution in [2.24, 2.45) is 0 Å². The summed E-state index contributed by atoms with van der Waals surface area (Å²) in [6.07, 6.45) is 0.159. The van der Waals surface area contributed by atoms with Crippen LogP contribution in [0.2, 0.25) is 0 Å². The van der Waals surface area contributed by atoms with Crippen molar-refractivity contribution in [2.75, 3.05) is 0 Å². The van der Waals surface area contributed by atoms with Gasteiger partial charge in [0.05, 0.1) is 5.92 Å². The summed E-state index contributed by atoms with van der Waals surface area (Å²) in [6, 6.07) is 26.5. The number of ketones is 2. The molecule has 28 heavy (non-hydrogen) atoms. The Morgan fingerprint density at radius 2 is 1.21 bits per heavy atom. The van der Waals surface area contributed by atoms with Gasteiger partial charge in [-0.05, 0) is 16.5 Å². The Morgan fingerprint density at radius 3 is 1.71 bits per heavy atom. The molecule has 0 heterocycles. The molecule has 3 rings (SSSR count). The van der Waals surface area contributed by atoms with Crippen LogP contribution in [-0.4, -0.2) is 11.6 Å². The number of hydrogen-bond donors (Lipinski definition) is 0. The van der Waals surface area contributed by atoms with E-state index in [1.807, 2.05) is 60.7 Å². The third-order valence-electron chi connectivity index (χ3n) is 5.04. The van der Waals surface area contributed by atoms with Gasteiger partial charge >= 0.3 is 0 Å². The molecule has 0 bridgehead atoms.